The van der Waals surface area contributed by atoms with Gasteiger partial charge in [-0.15, -0.1) is 0 Å². The molecule has 6 heteroatoms. The van der Waals surface area contributed by atoms with Crippen LogP contribution in [0.3, 0.4) is 0 Å². The first-order valence-electron chi connectivity index (χ1n) is 6.57. The van der Waals surface area contributed by atoms with Gasteiger partial charge in [-0.2, -0.15) is 5.26 Å². The number of para-hydroxylation sites is 1. The molecule has 106 valence electrons. The summed E-state index contributed by atoms with van der Waals surface area (Å²) in [6, 6.07) is 8.49. The van der Waals surface area contributed by atoms with E-state index in [0.717, 1.165) is 5.39 Å². The lowest BCUT2D eigenvalue weighted by molar-refractivity contribution is -0.138. The van der Waals surface area contributed by atoms with E-state index in [1.54, 1.807) is 4.90 Å². The Morgan fingerprint density at radius 2 is 2.19 bits per heavy atom. The number of benzene rings is 1. The number of carboxylic acid groups (broad SMARTS) is 1. The predicted molar refractivity (Wildman–Crippen MR) is 75.9 cm³/mol. The third kappa shape index (κ3) is 2.18. The SMILES string of the molecule is N#Cc1cnc2ccccc2c1N1CC(O)CC1C(=O)O. The predicted octanol–water partition coefficient (Wildman–Crippen LogP) is 1.13. The number of nitrogens with zero attached hydrogens (tertiary/aromatic N) is 3. The highest BCUT2D eigenvalue weighted by Gasteiger charge is 2.37. The van der Waals surface area contributed by atoms with Crippen molar-refractivity contribution in [1.29, 1.82) is 5.26 Å². The molecule has 3 rings (SSSR count). The van der Waals surface area contributed by atoms with E-state index < -0.39 is 18.1 Å². The fourth-order valence-corrected chi connectivity index (χ4v) is 2.81. The fourth-order valence-electron chi connectivity index (χ4n) is 2.81. The summed E-state index contributed by atoms with van der Waals surface area (Å²) in [5, 5.41) is 29.2. The Morgan fingerprint density at radius 1 is 1.43 bits per heavy atom. The largest absolute Gasteiger partial charge is 0.480 e. The van der Waals surface area contributed by atoms with Crippen molar-refractivity contribution in [2.45, 2.75) is 18.6 Å². The van der Waals surface area contributed by atoms with Crippen molar-refractivity contribution in [3.8, 4) is 6.07 Å². The van der Waals surface area contributed by atoms with Gasteiger partial charge in [0.05, 0.1) is 22.9 Å². The highest BCUT2D eigenvalue weighted by atomic mass is 16.4. The molecule has 1 saturated heterocycles. The zero-order valence-corrected chi connectivity index (χ0v) is 11.1. The van der Waals surface area contributed by atoms with E-state index in [1.807, 2.05) is 24.3 Å². The molecule has 2 aromatic rings. The lowest BCUT2D eigenvalue weighted by atomic mass is 10.1. The number of β-amino-alcohol motifs (C(OH)–C–C–N with tert-alkyl or cyclic N) is 1. The molecule has 0 radical (unpaired) electrons. The molecule has 0 spiro atoms. The van der Waals surface area contributed by atoms with Crippen LogP contribution in [0.2, 0.25) is 0 Å². The number of aromatic nitrogens is 1. The van der Waals surface area contributed by atoms with Crippen LogP contribution in [-0.4, -0.2) is 39.9 Å². The van der Waals surface area contributed by atoms with E-state index in [0.29, 0.717) is 16.8 Å². The molecule has 6 nitrogen and oxygen atoms in total. The van der Waals surface area contributed by atoms with E-state index in [2.05, 4.69) is 11.1 Å². The van der Waals surface area contributed by atoms with Crippen LogP contribution in [0, 0.1) is 11.3 Å². The second-order valence-electron chi connectivity index (χ2n) is 5.05. The minimum Gasteiger partial charge on any atom is -0.480 e. The molecule has 1 aliphatic heterocycles. The first kappa shape index (κ1) is 13.3. The molecule has 2 atom stereocenters. The van der Waals surface area contributed by atoms with Crippen LogP contribution in [0.4, 0.5) is 5.69 Å². The van der Waals surface area contributed by atoms with E-state index in [1.165, 1.54) is 6.20 Å². The van der Waals surface area contributed by atoms with Crippen LogP contribution >= 0.6 is 0 Å². The Balaban J connectivity index is 2.23. The minimum absolute atomic E-state index is 0.150. The number of carboxylic acids is 1. The van der Waals surface area contributed by atoms with Crippen molar-refractivity contribution in [2.75, 3.05) is 11.4 Å². The van der Waals surface area contributed by atoms with Gasteiger partial charge in [0.25, 0.3) is 0 Å². The average molecular weight is 283 g/mol. The first-order valence-corrected chi connectivity index (χ1v) is 6.57. The Kier molecular flexibility index (Phi) is 3.20. The van der Waals surface area contributed by atoms with Gasteiger partial charge in [0.2, 0.25) is 0 Å². The first-order chi connectivity index (χ1) is 10.1. The standard InChI is InChI=1S/C15H13N3O3/c16-6-9-7-17-12-4-2-1-3-11(12)14(9)18-8-10(19)5-13(18)15(20)21/h1-4,7,10,13,19H,5,8H2,(H,20,21). The fraction of sp³-hybridized carbons (Fsp3) is 0.267. The van der Waals surface area contributed by atoms with Gasteiger partial charge < -0.3 is 15.1 Å². The van der Waals surface area contributed by atoms with Crippen LogP contribution in [-0.2, 0) is 4.79 Å². The molecule has 0 aliphatic carbocycles. The topological polar surface area (TPSA) is 97.5 Å². The molecular formula is C15H13N3O3. The Labute approximate surface area is 120 Å². The maximum atomic E-state index is 11.4. The van der Waals surface area contributed by atoms with E-state index in [-0.39, 0.29) is 13.0 Å². The highest BCUT2D eigenvalue weighted by molar-refractivity contribution is 5.96. The van der Waals surface area contributed by atoms with Crippen molar-refractivity contribution in [3.05, 3.63) is 36.0 Å². The Hall–Kier alpha value is -2.65. The lowest BCUT2D eigenvalue weighted by Gasteiger charge is -2.25. The van der Waals surface area contributed by atoms with Gasteiger partial charge in [-0.1, -0.05) is 18.2 Å². The van der Waals surface area contributed by atoms with Gasteiger partial charge >= 0.3 is 5.97 Å². The van der Waals surface area contributed by atoms with Gasteiger partial charge in [0.1, 0.15) is 12.1 Å². The molecule has 1 aliphatic rings. The molecule has 0 amide bonds. The molecule has 1 fully saturated rings. The number of aliphatic carboxylic acids is 1. The van der Waals surface area contributed by atoms with Crippen LogP contribution < -0.4 is 4.90 Å². The molecule has 2 unspecified atom stereocenters. The van der Waals surface area contributed by atoms with Gasteiger partial charge in [0, 0.05) is 24.5 Å². The second kappa shape index (κ2) is 5.04. The zero-order chi connectivity index (χ0) is 15.0. The molecule has 2 heterocycles. The number of anilines is 1. The Bertz CT molecular complexity index is 753. The van der Waals surface area contributed by atoms with Crippen molar-refractivity contribution in [2.24, 2.45) is 0 Å². The smallest absolute Gasteiger partial charge is 0.326 e. The molecule has 2 N–H and O–H groups in total. The molecule has 0 saturated carbocycles. The minimum atomic E-state index is -1.00. The number of carbonyl (C=O) groups is 1. The second-order valence-corrected chi connectivity index (χ2v) is 5.05. The van der Waals surface area contributed by atoms with Gasteiger partial charge in [0.15, 0.2) is 0 Å². The third-order valence-corrected chi connectivity index (χ3v) is 3.72. The maximum absolute atomic E-state index is 11.4. The van der Waals surface area contributed by atoms with E-state index >= 15 is 0 Å². The van der Waals surface area contributed by atoms with E-state index in [4.69, 9.17) is 0 Å². The molecule has 1 aromatic heterocycles. The summed E-state index contributed by atoms with van der Waals surface area (Å²) in [4.78, 5) is 17.2. The summed E-state index contributed by atoms with van der Waals surface area (Å²) in [6.07, 6.45) is 0.877. The number of nitriles is 1. The van der Waals surface area contributed by atoms with Crippen molar-refractivity contribution in [1.82, 2.24) is 4.98 Å². The number of hydrogen-bond donors (Lipinski definition) is 2. The quantitative estimate of drug-likeness (QED) is 0.857. The number of aliphatic hydroxyl groups excluding tert-OH is 1. The summed E-state index contributed by atoms with van der Waals surface area (Å²) in [7, 11) is 0. The van der Waals surface area contributed by atoms with Crippen molar-refractivity contribution < 1.29 is 15.0 Å². The van der Waals surface area contributed by atoms with E-state index in [9.17, 15) is 20.3 Å². The van der Waals surface area contributed by atoms with Crippen molar-refractivity contribution >= 4 is 22.6 Å². The van der Waals surface area contributed by atoms with Crippen LogP contribution in [0.15, 0.2) is 30.5 Å². The third-order valence-electron chi connectivity index (χ3n) is 3.72. The van der Waals surface area contributed by atoms with Crippen LogP contribution in [0.25, 0.3) is 10.9 Å². The van der Waals surface area contributed by atoms with Gasteiger partial charge in [-0.25, -0.2) is 4.79 Å². The average Bonchev–Trinajstić information content (AvgIpc) is 2.87. The van der Waals surface area contributed by atoms with Crippen LogP contribution in [0.1, 0.15) is 12.0 Å². The summed E-state index contributed by atoms with van der Waals surface area (Å²) in [5.41, 5.74) is 1.54. The maximum Gasteiger partial charge on any atom is 0.326 e. The molecule has 0 bridgehead atoms. The Morgan fingerprint density at radius 3 is 2.90 bits per heavy atom. The number of rotatable bonds is 2. The molecule has 21 heavy (non-hydrogen) atoms. The lowest BCUT2D eigenvalue weighted by Crippen LogP contribution is -2.36. The molecule has 1 aromatic carbocycles. The highest BCUT2D eigenvalue weighted by Crippen LogP contribution is 2.34. The number of hydrogen-bond acceptors (Lipinski definition) is 5. The normalized spacial score (nSPS) is 21.4. The monoisotopic (exact) mass is 283 g/mol. The molecular weight excluding hydrogens is 270 g/mol. The number of fused-ring (bicyclic) bond motifs is 1. The van der Waals surface area contributed by atoms with Crippen molar-refractivity contribution in [3.63, 3.8) is 0 Å². The number of aliphatic hydroxyl groups is 1. The zero-order valence-electron chi connectivity index (χ0n) is 11.1. The summed E-state index contributed by atoms with van der Waals surface area (Å²) in [6.45, 7) is 0.194. The number of pyridine rings is 1. The van der Waals surface area contributed by atoms with Crippen LogP contribution in [0.5, 0.6) is 0 Å². The summed E-state index contributed by atoms with van der Waals surface area (Å²) < 4.78 is 0. The summed E-state index contributed by atoms with van der Waals surface area (Å²) >= 11 is 0. The van der Waals surface area contributed by atoms with Gasteiger partial charge in [-0.3, -0.25) is 4.98 Å². The van der Waals surface area contributed by atoms with Gasteiger partial charge in [-0.05, 0) is 6.07 Å². The summed E-state index contributed by atoms with van der Waals surface area (Å²) in [5.74, 6) is -1.00.